The van der Waals surface area contributed by atoms with Crippen LogP contribution in [0.15, 0.2) is 18.2 Å². The van der Waals surface area contributed by atoms with Gasteiger partial charge < -0.3 is 15.4 Å². The van der Waals surface area contributed by atoms with Crippen molar-refractivity contribution in [2.24, 2.45) is 5.73 Å². The van der Waals surface area contributed by atoms with Gasteiger partial charge in [-0.2, -0.15) is 0 Å². The minimum atomic E-state index is -0.412. The van der Waals surface area contributed by atoms with Crippen LogP contribution in [0.4, 0.5) is 4.39 Å². The first-order valence-corrected chi connectivity index (χ1v) is 10.1. The van der Waals surface area contributed by atoms with E-state index in [0.717, 1.165) is 25.7 Å². The van der Waals surface area contributed by atoms with Crippen LogP contribution < -0.4 is 5.73 Å². The molecule has 1 aromatic carbocycles. The molecular weight excluding hydrogens is 385 g/mol. The number of rotatable bonds is 4. The predicted molar refractivity (Wildman–Crippen MR) is 102 cm³/mol. The summed E-state index contributed by atoms with van der Waals surface area (Å²) in [6.45, 7) is 1.87. The SMILES string of the molecule is NC(=O)CN1[C@@H]2CC[C@H]1CC1(C2)CN(C(=O)Cc2ccc(F)cc2Cl)CCO1. The highest BCUT2D eigenvalue weighted by Crippen LogP contribution is 2.43. The van der Waals surface area contributed by atoms with Gasteiger partial charge in [-0.3, -0.25) is 14.5 Å². The first-order valence-electron chi connectivity index (χ1n) is 9.75. The molecule has 3 fully saturated rings. The number of piperidine rings is 1. The summed E-state index contributed by atoms with van der Waals surface area (Å²) in [5, 5.41) is 0.272. The Bertz CT molecular complexity index is 776. The molecule has 8 heteroatoms. The Morgan fingerprint density at radius 1 is 1.29 bits per heavy atom. The van der Waals surface area contributed by atoms with E-state index in [1.54, 1.807) is 6.07 Å². The van der Waals surface area contributed by atoms with Gasteiger partial charge in [0, 0.05) is 30.2 Å². The fourth-order valence-electron chi connectivity index (χ4n) is 5.08. The second kappa shape index (κ2) is 7.61. The first-order chi connectivity index (χ1) is 13.3. The summed E-state index contributed by atoms with van der Waals surface area (Å²) in [6.07, 6.45) is 3.82. The van der Waals surface area contributed by atoms with Gasteiger partial charge in [-0.25, -0.2) is 4.39 Å². The number of ether oxygens (including phenoxy) is 1. The van der Waals surface area contributed by atoms with Crippen molar-refractivity contribution >= 4 is 23.4 Å². The van der Waals surface area contributed by atoms with Crippen LogP contribution in [0.5, 0.6) is 0 Å². The molecule has 1 unspecified atom stereocenters. The van der Waals surface area contributed by atoms with Crippen molar-refractivity contribution in [1.29, 1.82) is 0 Å². The number of hydrogen-bond donors (Lipinski definition) is 1. The fourth-order valence-corrected chi connectivity index (χ4v) is 5.31. The van der Waals surface area contributed by atoms with Crippen molar-refractivity contribution in [3.63, 3.8) is 0 Å². The van der Waals surface area contributed by atoms with Gasteiger partial charge in [-0.05, 0) is 43.4 Å². The zero-order valence-corrected chi connectivity index (χ0v) is 16.5. The molecule has 3 aliphatic heterocycles. The topological polar surface area (TPSA) is 75.9 Å². The molecule has 0 saturated carbocycles. The highest BCUT2D eigenvalue weighted by Gasteiger charge is 2.51. The maximum atomic E-state index is 13.2. The lowest BCUT2D eigenvalue weighted by Gasteiger charge is -2.50. The number of hydrogen-bond acceptors (Lipinski definition) is 4. The lowest BCUT2D eigenvalue weighted by molar-refractivity contribution is -0.166. The monoisotopic (exact) mass is 409 g/mol. The van der Waals surface area contributed by atoms with Crippen LogP contribution in [-0.2, 0) is 20.7 Å². The maximum absolute atomic E-state index is 13.2. The van der Waals surface area contributed by atoms with E-state index in [1.807, 2.05) is 4.90 Å². The molecule has 3 atom stereocenters. The van der Waals surface area contributed by atoms with E-state index in [1.165, 1.54) is 12.1 Å². The summed E-state index contributed by atoms with van der Waals surface area (Å²) < 4.78 is 19.4. The standard InChI is InChI=1S/C20H25ClFN3O3/c21-17-8-14(22)2-1-13(17)7-19(27)24-5-6-28-20(12-24)9-15-3-4-16(10-20)25(15)11-18(23)26/h1-2,8,15-16H,3-7,9-12H2,(H2,23,26)/t15-,16+,20?. The van der Waals surface area contributed by atoms with Crippen LogP contribution in [-0.4, -0.2) is 65.5 Å². The normalized spacial score (nSPS) is 30.0. The molecule has 2 N–H and O–H groups in total. The number of fused-ring (bicyclic) bond motifs is 2. The van der Waals surface area contributed by atoms with Crippen LogP contribution in [0.1, 0.15) is 31.2 Å². The van der Waals surface area contributed by atoms with E-state index in [-0.39, 0.29) is 47.5 Å². The number of amides is 2. The number of primary amides is 1. The molecule has 152 valence electrons. The summed E-state index contributed by atoms with van der Waals surface area (Å²) in [5.74, 6) is -0.738. The molecule has 3 heterocycles. The number of carbonyl (C=O) groups is 2. The van der Waals surface area contributed by atoms with Crippen molar-refractivity contribution < 1.29 is 18.7 Å². The molecule has 28 heavy (non-hydrogen) atoms. The van der Waals surface area contributed by atoms with Crippen LogP contribution >= 0.6 is 11.6 Å². The molecule has 2 bridgehead atoms. The molecule has 0 aliphatic carbocycles. The minimum Gasteiger partial charge on any atom is -0.371 e. The van der Waals surface area contributed by atoms with Gasteiger partial charge in [0.2, 0.25) is 11.8 Å². The predicted octanol–water partition coefficient (Wildman–Crippen LogP) is 1.73. The Labute approximate surface area is 168 Å². The molecule has 2 amide bonds. The Morgan fingerprint density at radius 3 is 2.64 bits per heavy atom. The van der Waals surface area contributed by atoms with Crippen LogP contribution in [0, 0.1) is 5.82 Å². The van der Waals surface area contributed by atoms with Gasteiger partial charge in [-0.1, -0.05) is 17.7 Å². The lowest BCUT2D eigenvalue weighted by Crippen LogP contribution is -2.61. The largest absolute Gasteiger partial charge is 0.371 e. The smallest absolute Gasteiger partial charge is 0.231 e. The Balaban J connectivity index is 1.43. The number of benzene rings is 1. The average Bonchev–Trinajstić information content (AvgIpc) is 2.87. The summed E-state index contributed by atoms with van der Waals surface area (Å²) in [4.78, 5) is 28.3. The molecule has 1 spiro atoms. The zero-order valence-electron chi connectivity index (χ0n) is 15.7. The third kappa shape index (κ3) is 3.88. The van der Waals surface area contributed by atoms with Gasteiger partial charge in [0.05, 0.1) is 25.2 Å². The molecule has 0 aromatic heterocycles. The third-order valence-electron chi connectivity index (χ3n) is 6.28. The molecule has 6 nitrogen and oxygen atoms in total. The lowest BCUT2D eigenvalue weighted by atomic mass is 9.84. The van der Waals surface area contributed by atoms with Gasteiger partial charge in [-0.15, -0.1) is 0 Å². The van der Waals surface area contributed by atoms with E-state index in [2.05, 4.69) is 4.90 Å². The van der Waals surface area contributed by atoms with E-state index in [4.69, 9.17) is 22.1 Å². The van der Waals surface area contributed by atoms with Crippen molar-refractivity contribution in [3.8, 4) is 0 Å². The highest BCUT2D eigenvalue weighted by molar-refractivity contribution is 6.31. The molecule has 1 aromatic rings. The van der Waals surface area contributed by atoms with Crippen LogP contribution in [0.25, 0.3) is 0 Å². The van der Waals surface area contributed by atoms with Gasteiger partial charge >= 0.3 is 0 Å². The molecule has 4 rings (SSSR count). The first kappa shape index (κ1) is 19.6. The maximum Gasteiger partial charge on any atom is 0.231 e. The number of halogens is 2. The van der Waals surface area contributed by atoms with E-state index < -0.39 is 5.82 Å². The van der Waals surface area contributed by atoms with Crippen molar-refractivity contribution in [2.45, 2.75) is 49.8 Å². The van der Waals surface area contributed by atoms with Crippen LogP contribution in [0.2, 0.25) is 5.02 Å². The molecule has 0 radical (unpaired) electrons. The van der Waals surface area contributed by atoms with Gasteiger partial charge in [0.15, 0.2) is 0 Å². The van der Waals surface area contributed by atoms with Crippen molar-refractivity contribution in [2.75, 3.05) is 26.2 Å². The van der Waals surface area contributed by atoms with Crippen LogP contribution in [0.3, 0.4) is 0 Å². The number of carbonyl (C=O) groups excluding carboxylic acids is 2. The van der Waals surface area contributed by atoms with Crippen molar-refractivity contribution in [1.82, 2.24) is 9.80 Å². The minimum absolute atomic E-state index is 0.0249. The van der Waals surface area contributed by atoms with E-state index >= 15 is 0 Å². The fraction of sp³-hybridized carbons (Fsp3) is 0.600. The van der Waals surface area contributed by atoms with Gasteiger partial charge in [0.25, 0.3) is 0 Å². The molecular formula is C20H25ClFN3O3. The number of morpholine rings is 1. The molecule has 3 aliphatic rings. The molecule has 3 saturated heterocycles. The summed E-state index contributed by atoms with van der Waals surface area (Å²) >= 11 is 6.08. The summed E-state index contributed by atoms with van der Waals surface area (Å²) in [7, 11) is 0. The zero-order chi connectivity index (χ0) is 19.9. The third-order valence-corrected chi connectivity index (χ3v) is 6.63. The van der Waals surface area contributed by atoms with E-state index in [9.17, 15) is 14.0 Å². The highest BCUT2D eigenvalue weighted by atomic mass is 35.5. The second-order valence-corrected chi connectivity index (χ2v) is 8.60. The van der Waals surface area contributed by atoms with Crippen molar-refractivity contribution in [3.05, 3.63) is 34.6 Å². The van der Waals surface area contributed by atoms with Gasteiger partial charge in [0.1, 0.15) is 5.82 Å². The Kier molecular flexibility index (Phi) is 5.33. The number of nitrogens with zero attached hydrogens (tertiary/aromatic N) is 2. The number of nitrogens with two attached hydrogens (primary N) is 1. The summed E-state index contributed by atoms with van der Waals surface area (Å²) in [6, 6.07) is 4.66. The summed E-state index contributed by atoms with van der Waals surface area (Å²) in [5.41, 5.74) is 5.67. The average molecular weight is 410 g/mol. The Morgan fingerprint density at radius 2 is 2.00 bits per heavy atom. The van der Waals surface area contributed by atoms with E-state index in [0.29, 0.717) is 25.3 Å². The quantitative estimate of drug-likeness (QED) is 0.821. The second-order valence-electron chi connectivity index (χ2n) is 8.19. The Hall–Kier alpha value is -1.70.